The topological polar surface area (TPSA) is 57.5 Å². The molecule has 7 heteroatoms. The third-order valence-electron chi connectivity index (χ3n) is 3.11. The molecule has 0 atom stereocenters. The van der Waals surface area contributed by atoms with Crippen molar-refractivity contribution in [3.63, 3.8) is 0 Å². The number of hydrogen-bond donors (Lipinski definition) is 0. The van der Waals surface area contributed by atoms with Crippen molar-refractivity contribution < 1.29 is 19.1 Å². The van der Waals surface area contributed by atoms with E-state index in [4.69, 9.17) is 9.47 Å². The van der Waals surface area contributed by atoms with Crippen LogP contribution in [0.25, 0.3) is 20.4 Å². The minimum Gasteiger partial charge on any atom is -0.465 e. The van der Waals surface area contributed by atoms with Gasteiger partial charge in [-0.25, -0.2) is 9.59 Å². The zero-order valence-electron chi connectivity index (χ0n) is 11.1. The molecule has 0 saturated heterocycles. The molecule has 0 N–H and O–H groups in total. The predicted octanol–water partition coefficient (Wildman–Crippen LogP) is 3.03. The van der Waals surface area contributed by atoms with Gasteiger partial charge in [0.15, 0.2) is 0 Å². The molecule has 3 rings (SSSR count). The van der Waals surface area contributed by atoms with Crippen LogP contribution in [0.15, 0.2) is 12.1 Å². The van der Waals surface area contributed by atoms with Crippen LogP contribution in [0.4, 0.5) is 0 Å². The Labute approximate surface area is 122 Å². The quantitative estimate of drug-likeness (QED) is 0.683. The molecule has 3 heterocycles. The fourth-order valence-corrected chi connectivity index (χ4v) is 4.37. The summed E-state index contributed by atoms with van der Waals surface area (Å²) in [6, 6.07) is 3.63. The molecule has 0 aliphatic heterocycles. The van der Waals surface area contributed by atoms with Gasteiger partial charge in [0.05, 0.1) is 24.4 Å². The molecule has 0 radical (unpaired) electrons. The van der Waals surface area contributed by atoms with Crippen LogP contribution in [-0.4, -0.2) is 30.7 Å². The summed E-state index contributed by atoms with van der Waals surface area (Å²) in [5.74, 6) is -0.688. The van der Waals surface area contributed by atoms with Gasteiger partial charge in [-0.1, -0.05) is 0 Å². The summed E-state index contributed by atoms with van der Waals surface area (Å²) in [6.07, 6.45) is 0. The smallest absolute Gasteiger partial charge is 0.348 e. The summed E-state index contributed by atoms with van der Waals surface area (Å²) in [6.45, 7) is 0. The number of hydrogen-bond acceptors (Lipinski definition) is 6. The van der Waals surface area contributed by atoms with E-state index in [2.05, 4.69) is 0 Å². The van der Waals surface area contributed by atoms with Gasteiger partial charge in [0.25, 0.3) is 0 Å². The third kappa shape index (κ3) is 1.74. The average molecular weight is 309 g/mol. The number of rotatable bonds is 2. The van der Waals surface area contributed by atoms with E-state index < -0.39 is 0 Å². The fourth-order valence-electron chi connectivity index (χ4n) is 2.13. The number of aryl methyl sites for hydroxylation is 1. The highest BCUT2D eigenvalue weighted by atomic mass is 32.1. The number of carbonyl (C=O) groups excluding carboxylic acids is 2. The van der Waals surface area contributed by atoms with Gasteiger partial charge in [-0.15, -0.1) is 22.7 Å². The Morgan fingerprint density at radius 2 is 1.65 bits per heavy atom. The number of methoxy groups -OCH3 is 2. The summed E-state index contributed by atoms with van der Waals surface area (Å²) in [4.78, 5) is 25.3. The van der Waals surface area contributed by atoms with E-state index in [1.165, 1.54) is 36.9 Å². The summed E-state index contributed by atoms with van der Waals surface area (Å²) >= 11 is 2.76. The highest BCUT2D eigenvalue weighted by Gasteiger charge is 2.20. The Bertz CT molecular complexity index is 772. The highest BCUT2D eigenvalue weighted by molar-refractivity contribution is 7.24. The average Bonchev–Trinajstić information content (AvgIpc) is 3.12. The zero-order valence-corrected chi connectivity index (χ0v) is 12.7. The van der Waals surface area contributed by atoms with Gasteiger partial charge in [-0.2, -0.15) is 0 Å². The van der Waals surface area contributed by atoms with Crippen molar-refractivity contribution in [2.75, 3.05) is 14.2 Å². The Hall–Kier alpha value is -1.86. The first-order valence-electron chi connectivity index (χ1n) is 5.75. The molecule has 0 spiro atoms. The number of ether oxygens (including phenoxy) is 2. The van der Waals surface area contributed by atoms with Crippen molar-refractivity contribution in [3.05, 3.63) is 21.9 Å². The predicted molar refractivity (Wildman–Crippen MR) is 78.9 cm³/mol. The maximum absolute atomic E-state index is 11.6. The van der Waals surface area contributed by atoms with Gasteiger partial charge < -0.3 is 14.0 Å². The van der Waals surface area contributed by atoms with Crippen molar-refractivity contribution in [1.29, 1.82) is 0 Å². The molecular formula is C13H11NO4S2. The zero-order chi connectivity index (χ0) is 14.4. The minimum atomic E-state index is -0.345. The third-order valence-corrected chi connectivity index (χ3v) is 5.44. The molecule has 20 heavy (non-hydrogen) atoms. The lowest BCUT2D eigenvalue weighted by Gasteiger charge is -1.95. The molecule has 0 unspecified atom stereocenters. The molecule has 0 saturated carbocycles. The largest absolute Gasteiger partial charge is 0.465 e. The second-order valence-electron chi connectivity index (χ2n) is 4.20. The number of esters is 2. The lowest BCUT2D eigenvalue weighted by molar-refractivity contribution is 0.0597. The van der Waals surface area contributed by atoms with Crippen LogP contribution in [0.1, 0.15) is 19.3 Å². The van der Waals surface area contributed by atoms with Crippen molar-refractivity contribution in [2.24, 2.45) is 7.05 Å². The number of nitrogens with zero attached hydrogens (tertiary/aromatic N) is 1. The first-order valence-corrected chi connectivity index (χ1v) is 7.38. The van der Waals surface area contributed by atoms with Crippen LogP contribution in [0.5, 0.6) is 0 Å². The van der Waals surface area contributed by atoms with Gasteiger partial charge in [0, 0.05) is 12.4 Å². The molecule has 3 aromatic rings. The van der Waals surface area contributed by atoms with Crippen LogP contribution in [-0.2, 0) is 16.5 Å². The highest BCUT2D eigenvalue weighted by Crippen LogP contribution is 2.39. The summed E-state index contributed by atoms with van der Waals surface area (Å²) in [5.41, 5.74) is 0.966. The second-order valence-corrected chi connectivity index (χ2v) is 6.28. The Balaban J connectivity index is 2.24. The second kappa shape index (κ2) is 4.60. The maximum atomic E-state index is 11.6. The molecular weight excluding hydrogens is 298 g/mol. The van der Waals surface area contributed by atoms with Gasteiger partial charge in [0.1, 0.15) is 14.6 Å². The maximum Gasteiger partial charge on any atom is 0.348 e. The van der Waals surface area contributed by atoms with Crippen molar-refractivity contribution in [2.45, 2.75) is 0 Å². The Kier molecular flexibility index (Phi) is 3.02. The molecule has 0 aliphatic rings. The summed E-state index contributed by atoms with van der Waals surface area (Å²) in [7, 11) is 4.64. The van der Waals surface area contributed by atoms with E-state index in [1.807, 2.05) is 23.7 Å². The molecule has 0 amide bonds. The van der Waals surface area contributed by atoms with Crippen LogP contribution >= 0.6 is 22.7 Å². The molecule has 0 bridgehead atoms. The van der Waals surface area contributed by atoms with Gasteiger partial charge in [-0.3, -0.25) is 0 Å². The first kappa shape index (κ1) is 13.1. The number of fused-ring (bicyclic) bond motifs is 3. The standard InChI is InChI=1S/C13H11NO4S2/c1-14-7-5-9(13(16)18-3)19-10(7)6-4-8(12(15)17-2)20-11(6)14/h4-5H,1-3H3. The van der Waals surface area contributed by atoms with Gasteiger partial charge in [-0.05, 0) is 12.1 Å². The minimum absolute atomic E-state index is 0.343. The Morgan fingerprint density at radius 3 is 2.25 bits per heavy atom. The van der Waals surface area contributed by atoms with E-state index in [1.54, 1.807) is 0 Å². The SMILES string of the molecule is COC(=O)c1cc2c(s1)c1cc(C(=O)OC)sc1n2C. The monoisotopic (exact) mass is 309 g/mol. The van der Waals surface area contributed by atoms with Gasteiger partial charge in [0.2, 0.25) is 0 Å². The molecule has 5 nitrogen and oxygen atoms in total. The molecule has 104 valence electrons. The van der Waals surface area contributed by atoms with Crippen molar-refractivity contribution in [3.8, 4) is 0 Å². The van der Waals surface area contributed by atoms with Gasteiger partial charge >= 0.3 is 11.9 Å². The number of thiophene rings is 2. The van der Waals surface area contributed by atoms with E-state index >= 15 is 0 Å². The fraction of sp³-hybridized carbons (Fsp3) is 0.231. The number of aromatic nitrogens is 1. The van der Waals surface area contributed by atoms with Crippen LogP contribution in [0.3, 0.4) is 0 Å². The molecule has 3 aromatic heterocycles. The Morgan fingerprint density at radius 1 is 1.05 bits per heavy atom. The summed E-state index contributed by atoms with van der Waals surface area (Å²) < 4.78 is 12.4. The molecule has 0 aromatic carbocycles. The summed E-state index contributed by atoms with van der Waals surface area (Å²) in [5, 5.41) is 0.966. The van der Waals surface area contributed by atoms with Crippen LogP contribution in [0, 0.1) is 0 Å². The normalized spacial score (nSPS) is 11.2. The van der Waals surface area contributed by atoms with Crippen molar-refractivity contribution in [1.82, 2.24) is 4.57 Å². The number of carbonyl (C=O) groups is 2. The van der Waals surface area contributed by atoms with Crippen LogP contribution in [0.2, 0.25) is 0 Å². The molecule has 0 fully saturated rings. The van der Waals surface area contributed by atoms with E-state index in [9.17, 15) is 9.59 Å². The molecule has 0 aliphatic carbocycles. The first-order chi connectivity index (χ1) is 9.56. The van der Waals surface area contributed by atoms with Crippen molar-refractivity contribution >= 4 is 55.0 Å². The lowest BCUT2D eigenvalue weighted by Crippen LogP contribution is -1.97. The van der Waals surface area contributed by atoms with Crippen LogP contribution < -0.4 is 0 Å². The van der Waals surface area contributed by atoms with E-state index in [0.29, 0.717) is 9.75 Å². The van der Waals surface area contributed by atoms with E-state index in [0.717, 1.165) is 20.4 Å². The van der Waals surface area contributed by atoms with E-state index in [-0.39, 0.29) is 11.9 Å². The lowest BCUT2D eigenvalue weighted by atomic mass is 10.3.